The van der Waals surface area contributed by atoms with Crippen LogP contribution >= 0.6 is 11.3 Å². The van der Waals surface area contributed by atoms with Crippen molar-refractivity contribution in [2.24, 2.45) is 0 Å². The van der Waals surface area contributed by atoms with E-state index in [1.54, 1.807) is 18.4 Å². The van der Waals surface area contributed by atoms with Gasteiger partial charge >= 0.3 is 0 Å². The second kappa shape index (κ2) is 6.60. The average molecular weight is 381 g/mol. The molecule has 1 aromatic carbocycles. The van der Waals surface area contributed by atoms with E-state index < -0.39 is 0 Å². The first-order valence-electron chi connectivity index (χ1n) is 8.36. The first-order chi connectivity index (χ1) is 13.3. The summed E-state index contributed by atoms with van der Waals surface area (Å²) in [5, 5.41) is 16.5. The third-order valence-electron chi connectivity index (χ3n) is 4.49. The monoisotopic (exact) mass is 381 g/mol. The van der Waals surface area contributed by atoms with Crippen molar-refractivity contribution in [2.75, 3.05) is 7.11 Å². The number of benzene rings is 1. The first-order valence-corrected chi connectivity index (χ1v) is 9.30. The Bertz CT molecular complexity index is 1060. The summed E-state index contributed by atoms with van der Waals surface area (Å²) in [6, 6.07) is 9.79. The normalized spacial score (nSPS) is 16.3. The van der Waals surface area contributed by atoms with E-state index in [4.69, 9.17) is 14.0 Å². The highest BCUT2D eigenvalue weighted by atomic mass is 32.1. The molecule has 0 N–H and O–H groups in total. The Hall–Kier alpha value is -3.04. The SMILES string of the molecule is COc1ccc(C2Cn3nnc(-c4nc(-c5ccsc5)no4)c3CO2)cc1. The molecular weight excluding hydrogens is 366 g/mol. The summed E-state index contributed by atoms with van der Waals surface area (Å²) in [5.74, 6) is 1.71. The molecule has 1 atom stereocenters. The van der Waals surface area contributed by atoms with Crippen LogP contribution in [0.3, 0.4) is 0 Å². The summed E-state index contributed by atoms with van der Waals surface area (Å²) in [5.41, 5.74) is 3.39. The molecule has 3 aromatic heterocycles. The van der Waals surface area contributed by atoms with Gasteiger partial charge in [-0.2, -0.15) is 16.3 Å². The molecule has 4 heterocycles. The molecule has 0 saturated carbocycles. The van der Waals surface area contributed by atoms with Gasteiger partial charge in [-0.05, 0) is 29.1 Å². The van der Waals surface area contributed by atoms with Crippen LogP contribution in [-0.2, 0) is 17.9 Å². The molecule has 27 heavy (non-hydrogen) atoms. The fourth-order valence-corrected chi connectivity index (χ4v) is 3.66. The van der Waals surface area contributed by atoms with Crippen molar-refractivity contribution in [1.29, 1.82) is 0 Å². The zero-order chi connectivity index (χ0) is 18.2. The van der Waals surface area contributed by atoms with Crippen LogP contribution in [0, 0.1) is 0 Å². The molecule has 5 rings (SSSR count). The Balaban J connectivity index is 1.40. The highest BCUT2D eigenvalue weighted by Gasteiger charge is 2.28. The molecule has 8 nitrogen and oxygen atoms in total. The van der Waals surface area contributed by atoms with Gasteiger partial charge in [-0.1, -0.05) is 22.5 Å². The van der Waals surface area contributed by atoms with E-state index >= 15 is 0 Å². The largest absolute Gasteiger partial charge is 0.497 e. The lowest BCUT2D eigenvalue weighted by Gasteiger charge is -2.24. The molecule has 1 aliphatic heterocycles. The molecule has 136 valence electrons. The maximum atomic E-state index is 6.03. The number of thiophene rings is 1. The van der Waals surface area contributed by atoms with Gasteiger partial charge in [0.05, 0.1) is 26.0 Å². The highest BCUT2D eigenvalue weighted by molar-refractivity contribution is 7.08. The molecule has 1 aliphatic rings. The summed E-state index contributed by atoms with van der Waals surface area (Å²) in [6.45, 7) is 0.940. The molecular formula is C18H15N5O3S. The first kappa shape index (κ1) is 16.2. The van der Waals surface area contributed by atoms with Crippen molar-refractivity contribution in [3.63, 3.8) is 0 Å². The van der Waals surface area contributed by atoms with Crippen LogP contribution in [0.25, 0.3) is 23.0 Å². The summed E-state index contributed by atoms with van der Waals surface area (Å²) in [7, 11) is 1.65. The van der Waals surface area contributed by atoms with Gasteiger partial charge in [-0.25, -0.2) is 4.68 Å². The number of hydrogen-bond donors (Lipinski definition) is 0. The molecule has 0 fully saturated rings. The van der Waals surface area contributed by atoms with Gasteiger partial charge < -0.3 is 14.0 Å². The fraction of sp³-hybridized carbons (Fsp3) is 0.222. The molecule has 0 amide bonds. The lowest BCUT2D eigenvalue weighted by atomic mass is 10.1. The lowest BCUT2D eigenvalue weighted by Crippen LogP contribution is -2.22. The number of methoxy groups -OCH3 is 1. The minimum Gasteiger partial charge on any atom is -0.497 e. The van der Waals surface area contributed by atoms with Gasteiger partial charge in [0.1, 0.15) is 11.9 Å². The van der Waals surface area contributed by atoms with E-state index in [0.29, 0.717) is 30.6 Å². The zero-order valence-electron chi connectivity index (χ0n) is 14.4. The second-order valence-corrected chi connectivity index (χ2v) is 6.85. The van der Waals surface area contributed by atoms with Crippen LogP contribution in [0.4, 0.5) is 0 Å². The van der Waals surface area contributed by atoms with E-state index in [0.717, 1.165) is 22.6 Å². The van der Waals surface area contributed by atoms with Crippen LogP contribution in [0.15, 0.2) is 45.6 Å². The van der Waals surface area contributed by atoms with Crippen molar-refractivity contribution >= 4 is 11.3 Å². The number of aromatic nitrogens is 5. The molecule has 4 aromatic rings. The fourth-order valence-electron chi connectivity index (χ4n) is 3.03. The smallest absolute Gasteiger partial charge is 0.280 e. The van der Waals surface area contributed by atoms with Crippen molar-refractivity contribution in [3.8, 4) is 28.7 Å². The van der Waals surface area contributed by atoms with Gasteiger partial charge in [-0.15, -0.1) is 5.10 Å². The number of nitrogens with zero attached hydrogens (tertiary/aromatic N) is 5. The predicted octanol–water partition coefficient (Wildman–Crippen LogP) is 3.34. The quantitative estimate of drug-likeness (QED) is 0.536. The van der Waals surface area contributed by atoms with Crippen LogP contribution in [0.1, 0.15) is 17.4 Å². The summed E-state index contributed by atoms with van der Waals surface area (Å²) < 4.78 is 18.5. The van der Waals surface area contributed by atoms with Gasteiger partial charge in [0.2, 0.25) is 5.82 Å². The maximum absolute atomic E-state index is 6.03. The summed E-state index contributed by atoms with van der Waals surface area (Å²) in [6.07, 6.45) is -0.0954. The molecule has 0 saturated heterocycles. The number of hydrogen-bond acceptors (Lipinski definition) is 8. The van der Waals surface area contributed by atoms with Crippen molar-refractivity contribution in [1.82, 2.24) is 25.1 Å². The van der Waals surface area contributed by atoms with Crippen molar-refractivity contribution in [3.05, 3.63) is 52.3 Å². The molecule has 0 bridgehead atoms. The van der Waals surface area contributed by atoms with Crippen molar-refractivity contribution in [2.45, 2.75) is 19.3 Å². The van der Waals surface area contributed by atoms with Crippen LogP contribution in [-0.4, -0.2) is 32.2 Å². The Morgan fingerprint density at radius 2 is 2.11 bits per heavy atom. The molecule has 1 unspecified atom stereocenters. The van der Waals surface area contributed by atoms with Crippen LogP contribution in [0.5, 0.6) is 5.75 Å². The van der Waals surface area contributed by atoms with Gasteiger partial charge in [0.25, 0.3) is 5.89 Å². The summed E-state index contributed by atoms with van der Waals surface area (Å²) in [4.78, 5) is 4.44. The minimum atomic E-state index is -0.0954. The van der Waals surface area contributed by atoms with E-state index in [9.17, 15) is 0 Å². The predicted molar refractivity (Wildman–Crippen MR) is 97.2 cm³/mol. The Labute approximate surface area is 158 Å². The zero-order valence-corrected chi connectivity index (χ0v) is 15.2. The third-order valence-corrected chi connectivity index (χ3v) is 5.18. The Morgan fingerprint density at radius 3 is 2.89 bits per heavy atom. The Kier molecular flexibility index (Phi) is 3.95. The number of ether oxygens (including phenoxy) is 2. The van der Waals surface area contributed by atoms with Crippen molar-refractivity contribution < 1.29 is 14.0 Å². The lowest BCUT2D eigenvalue weighted by molar-refractivity contribution is -0.00119. The summed E-state index contributed by atoms with van der Waals surface area (Å²) >= 11 is 1.58. The van der Waals surface area contributed by atoms with E-state index in [2.05, 4.69) is 20.5 Å². The molecule has 9 heteroatoms. The van der Waals surface area contributed by atoms with Gasteiger partial charge in [0, 0.05) is 10.9 Å². The average Bonchev–Trinajstić information content (AvgIpc) is 3.46. The topological polar surface area (TPSA) is 88.1 Å². The molecule has 0 spiro atoms. The maximum Gasteiger partial charge on any atom is 0.280 e. The molecule has 0 radical (unpaired) electrons. The number of fused-ring (bicyclic) bond motifs is 1. The van der Waals surface area contributed by atoms with E-state index in [1.165, 1.54) is 0 Å². The van der Waals surface area contributed by atoms with E-state index in [-0.39, 0.29) is 6.10 Å². The van der Waals surface area contributed by atoms with Gasteiger partial charge in [0.15, 0.2) is 5.69 Å². The Morgan fingerprint density at radius 1 is 1.22 bits per heavy atom. The second-order valence-electron chi connectivity index (χ2n) is 6.07. The third kappa shape index (κ3) is 2.90. The standard InChI is InChI=1S/C18H15N5O3S/c1-24-13-4-2-11(3-5-13)15-8-23-14(9-25-15)16(20-22-23)18-19-17(21-26-18)12-6-7-27-10-12/h2-7,10,15H,8-9H2,1H3. The van der Waals surface area contributed by atoms with Crippen LogP contribution < -0.4 is 4.74 Å². The van der Waals surface area contributed by atoms with E-state index in [1.807, 2.05) is 45.8 Å². The highest BCUT2D eigenvalue weighted by Crippen LogP contribution is 2.31. The van der Waals surface area contributed by atoms with Crippen LogP contribution in [0.2, 0.25) is 0 Å². The minimum absolute atomic E-state index is 0.0954. The van der Waals surface area contributed by atoms with Gasteiger partial charge in [-0.3, -0.25) is 0 Å². The number of rotatable bonds is 4. The molecule has 0 aliphatic carbocycles.